The van der Waals surface area contributed by atoms with Crippen LogP contribution in [0.25, 0.3) is 0 Å². The number of benzene rings is 3. The molecule has 0 aliphatic rings. The van der Waals surface area contributed by atoms with Gasteiger partial charge in [0.25, 0.3) is 0 Å². The number of hydrogen-bond donors (Lipinski definition) is 0. The number of aryl methyl sites for hydroxylation is 2. The summed E-state index contributed by atoms with van der Waals surface area (Å²) >= 11 is 6.49. The summed E-state index contributed by atoms with van der Waals surface area (Å²) in [5.41, 5.74) is 2.36. The molecular weight excluding hydrogens is 422 g/mol. The Balaban J connectivity index is 1.93. The molecular formula is C22H23OPSSe. The molecule has 0 bridgehead atoms. The molecule has 0 saturated heterocycles. The van der Waals surface area contributed by atoms with Gasteiger partial charge in [-0.1, -0.05) is 0 Å². The van der Waals surface area contributed by atoms with Crippen LogP contribution in [0.3, 0.4) is 0 Å². The van der Waals surface area contributed by atoms with Crippen LogP contribution in [-0.2, 0) is 11.8 Å². The molecule has 1 unspecified atom stereocenters. The van der Waals surface area contributed by atoms with Crippen molar-refractivity contribution < 1.29 is 4.74 Å². The molecule has 26 heavy (non-hydrogen) atoms. The van der Waals surface area contributed by atoms with Crippen molar-refractivity contribution >= 4 is 41.7 Å². The molecule has 3 aromatic carbocycles. The first-order chi connectivity index (χ1) is 12.5. The Bertz CT molecular complexity index is 848. The maximum atomic E-state index is 6.40. The molecule has 0 aliphatic carbocycles. The van der Waals surface area contributed by atoms with Crippen LogP contribution in [0.4, 0.5) is 0 Å². The van der Waals surface area contributed by atoms with Crippen molar-refractivity contribution in [2.45, 2.75) is 25.8 Å². The predicted molar refractivity (Wildman–Crippen MR) is 118 cm³/mol. The van der Waals surface area contributed by atoms with Gasteiger partial charge in [0.05, 0.1) is 0 Å². The van der Waals surface area contributed by atoms with Gasteiger partial charge in [0.2, 0.25) is 0 Å². The van der Waals surface area contributed by atoms with Crippen molar-refractivity contribution in [2.24, 2.45) is 0 Å². The fraction of sp³-hybridized carbons (Fsp3) is 0.182. The van der Waals surface area contributed by atoms with Crippen molar-refractivity contribution in [1.82, 2.24) is 0 Å². The Morgan fingerprint density at radius 1 is 0.769 bits per heavy atom. The van der Waals surface area contributed by atoms with E-state index in [0.29, 0.717) is 0 Å². The molecule has 0 amide bonds. The van der Waals surface area contributed by atoms with Crippen LogP contribution >= 0.6 is 4.73 Å². The quantitative estimate of drug-likeness (QED) is 0.399. The fourth-order valence-electron chi connectivity index (χ4n) is 2.90. The molecule has 134 valence electrons. The van der Waals surface area contributed by atoms with E-state index in [-0.39, 0.29) is 19.5 Å². The van der Waals surface area contributed by atoms with E-state index in [2.05, 4.69) is 99.6 Å². The summed E-state index contributed by atoms with van der Waals surface area (Å²) < 4.78 is 4.53. The summed E-state index contributed by atoms with van der Waals surface area (Å²) in [6.07, 6.45) is 0. The van der Waals surface area contributed by atoms with Crippen molar-refractivity contribution in [3.63, 3.8) is 0 Å². The van der Waals surface area contributed by atoms with Crippen LogP contribution in [-0.4, -0.2) is 19.5 Å². The molecule has 4 heteroatoms. The first-order valence-electron chi connectivity index (χ1n) is 8.63. The topological polar surface area (TPSA) is 9.23 Å². The van der Waals surface area contributed by atoms with Gasteiger partial charge in [-0.25, -0.2) is 0 Å². The van der Waals surface area contributed by atoms with Gasteiger partial charge in [-0.15, -0.1) is 0 Å². The van der Waals surface area contributed by atoms with Gasteiger partial charge in [0.15, 0.2) is 0 Å². The van der Waals surface area contributed by atoms with Crippen molar-refractivity contribution in [3.8, 4) is 5.75 Å². The summed E-state index contributed by atoms with van der Waals surface area (Å²) in [6, 6.07) is 27.5. The second kappa shape index (κ2) is 8.55. The number of para-hydroxylation sites is 1. The third kappa shape index (κ3) is 4.30. The predicted octanol–water partition coefficient (Wildman–Crippen LogP) is 4.78. The first-order valence-corrected chi connectivity index (χ1v) is 14.6. The molecule has 0 radical (unpaired) electrons. The van der Waals surface area contributed by atoms with Gasteiger partial charge in [0, 0.05) is 0 Å². The summed E-state index contributed by atoms with van der Waals surface area (Å²) in [4.78, 5) is 0. The molecule has 0 saturated carbocycles. The standard InChI is InChI=1S/C22H23OPSSe/c1-17-11-10-12-18(2)22(17)23-19(3)26-24(25,20-13-6-4-7-14-20)21-15-8-5-9-16-21/h4-16,19H,1-3H3. The van der Waals surface area contributed by atoms with E-state index in [1.54, 1.807) is 0 Å². The summed E-state index contributed by atoms with van der Waals surface area (Å²) in [7, 11) is 0. The molecule has 0 aliphatic heterocycles. The van der Waals surface area contributed by atoms with Crippen molar-refractivity contribution in [3.05, 3.63) is 90.0 Å². The summed E-state index contributed by atoms with van der Waals surface area (Å²) in [5, 5.41) is 2.66. The Morgan fingerprint density at radius 2 is 1.23 bits per heavy atom. The Labute approximate surface area is 167 Å². The Hall–Kier alpha value is -1.37. The third-order valence-corrected chi connectivity index (χ3v) is 15.9. The van der Waals surface area contributed by atoms with E-state index in [1.807, 2.05) is 0 Å². The molecule has 1 atom stereocenters. The molecule has 0 fully saturated rings. The minimum absolute atomic E-state index is 0.105. The number of ether oxygens (including phenoxy) is 1. The van der Waals surface area contributed by atoms with Crippen LogP contribution in [0.5, 0.6) is 5.75 Å². The van der Waals surface area contributed by atoms with Crippen LogP contribution in [0.1, 0.15) is 18.1 Å². The van der Waals surface area contributed by atoms with Crippen molar-refractivity contribution in [1.29, 1.82) is 0 Å². The van der Waals surface area contributed by atoms with Gasteiger partial charge in [-0.3, -0.25) is 0 Å². The number of hydrogen-bond acceptors (Lipinski definition) is 2. The van der Waals surface area contributed by atoms with E-state index < -0.39 is 4.73 Å². The molecule has 0 spiro atoms. The SMILES string of the molecule is Cc1cccc(C)c1OC(C)[Se]P(=S)(c1ccccc1)c1ccccc1. The zero-order valence-electron chi connectivity index (χ0n) is 15.3. The van der Waals surface area contributed by atoms with Crippen LogP contribution in [0.15, 0.2) is 78.9 Å². The Kier molecular flexibility index (Phi) is 6.37. The molecule has 0 heterocycles. The summed E-state index contributed by atoms with van der Waals surface area (Å²) in [6.45, 7) is 6.37. The van der Waals surface area contributed by atoms with Crippen LogP contribution in [0.2, 0.25) is 0 Å². The van der Waals surface area contributed by atoms with E-state index in [0.717, 1.165) is 5.75 Å². The zero-order chi connectivity index (χ0) is 18.6. The van der Waals surface area contributed by atoms with E-state index in [4.69, 9.17) is 16.5 Å². The van der Waals surface area contributed by atoms with Crippen molar-refractivity contribution in [2.75, 3.05) is 0 Å². The normalized spacial score (nSPS) is 12.6. The van der Waals surface area contributed by atoms with E-state index >= 15 is 0 Å². The molecule has 0 aromatic heterocycles. The second-order valence-corrected chi connectivity index (χ2v) is 18.0. The average Bonchev–Trinajstić information content (AvgIpc) is 2.66. The van der Waals surface area contributed by atoms with Crippen LogP contribution < -0.4 is 15.3 Å². The first kappa shape index (κ1) is 19.4. The maximum absolute atomic E-state index is 6.40. The molecule has 1 nitrogen and oxygen atoms in total. The molecule has 0 N–H and O–H groups in total. The van der Waals surface area contributed by atoms with Gasteiger partial charge in [0.1, 0.15) is 0 Å². The monoisotopic (exact) mass is 446 g/mol. The van der Waals surface area contributed by atoms with E-state index in [9.17, 15) is 0 Å². The minimum atomic E-state index is -1.88. The number of rotatable bonds is 6. The van der Waals surface area contributed by atoms with Gasteiger partial charge < -0.3 is 0 Å². The molecule has 3 aromatic rings. The van der Waals surface area contributed by atoms with Crippen LogP contribution in [0, 0.1) is 13.8 Å². The second-order valence-electron chi connectivity index (χ2n) is 6.23. The zero-order valence-corrected chi connectivity index (χ0v) is 18.7. The van der Waals surface area contributed by atoms with Gasteiger partial charge >= 0.3 is 168 Å². The van der Waals surface area contributed by atoms with E-state index in [1.165, 1.54) is 21.7 Å². The Morgan fingerprint density at radius 3 is 1.69 bits per heavy atom. The average molecular weight is 445 g/mol. The third-order valence-electron chi connectivity index (χ3n) is 4.18. The van der Waals surface area contributed by atoms with Gasteiger partial charge in [-0.05, 0) is 0 Å². The van der Waals surface area contributed by atoms with Gasteiger partial charge in [-0.2, -0.15) is 0 Å². The molecule has 3 rings (SSSR count). The summed E-state index contributed by atoms with van der Waals surface area (Å²) in [5.74, 6) is 1.00. The fourth-order valence-corrected chi connectivity index (χ4v) is 13.8.